The third-order valence-electron chi connectivity index (χ3n) is 7.59. The minimum Gasteiger partial charge on any atom is -0.365 e. The molecule has 1 aromatic rings. The van der Waals surface area contributed by atoms with Crippen molar-refractivity contribution in [3.05, 3.63) is 29.8 Å². The molecular weight excluding hydrogens is 368 g/mol. The van der Waals surface area contributed by atoms with Crippen LogP contribution in [0.5, 0.6) is 0 Å². The molecule has 1 unspecified atom stereocenters. The molecule has 2 N–H and O–H groups in total. The van der Waals surface area contributed by atoms with Gasteiger partial charge in [0.05, 0.1) is 5.92 Å². The maximum atomic E-state index is 13.5. The van der Waals surface area contributed by atoms with Crippen LogP contribution in [-0.4, -0.2) is 72.1 Å². The predicted molar refractivity (Wildman–Crippen MR) is 109 cm³/mol. The molecule has 7 nitrogen and oxygen atoms in total. The maximum Gasteiger partial charge on any atom is 0.248 e. The van der Waals surface area contributed by atoms with Crippen LogP contribution in [-0.2, 0) is 16.0 Å². The van der Waals surface area contributed by atoms with Gasteiger partial charge in [-0.3, -0.25) is 19.7 Å². The molecule has 3 aliphatic heterocycles. The van der Waals surface area contributed by atoms with E-state index in [-0.39, 0.29) is 11.3 Å². The molecule has 0 radical (unpaired) electrons. The minimum absolute atomic E-state index is 0.0371. The van der Waals surface area contributed by atoms with Crippen LogP contribution in [0.3, 0.4) is 0 Å². The smallest absolute Gasteiger partial charge is 0.248 e. The molecule has 1 saturated carbocycles. The standard InChI is InChI=1S/C22H30N4O3/c1-24-14-22(8-9-22)12-17(20(27)23-29)19(24)21(28)25-10-11-26-16(13-25)7-6-15-4-2-3-5-18(15)26/h2-5,16-17,19,29H,6-14H2,1H3,(H,23,27)/t16?,17-,19-/m0/s1. The average Bonchev–Trinajstić information content (AvgIpc) is 3.49. The van der Waals surface area contributed by atoms with E-state index in [4.69, 9.17) is 0 Å². The SMILES string of the molecule is CN1CC2(CC2)C[C@H](C(=O)NO)[C@H]1C(=O)N1CCN2c3ccccc3CCC2C1. The van der Waals surface area contributed by atoms with E-state index in [9.17, 15) is 14.8 Å². The number of aryl methyl sites for hydroxylation is 1. The topological polar surface area (TPSA) is 76.1 Å². The van der Waals surface area contributed by atoms with Gasteiger partial charge in [0.1, 0.15) is 6.04 Å². The van der Waals surface area contributed by atoms with Gasteiger partial charge in [-0.15, -0.1) is 0 Å². The second-order valence-electron chi connectivity index (χ2n) is 9.45. The molecule has 1 spiro atoms. The molecule has 3 heterocycles. The van der Waals surface area contributed by atoms with Crippen LogP contribution in [0.25, 0.3) is 0 Å². The average molecular weight is 399 g/mol. The van der Waals surface area contributed by atoms with Gasteiger partial charge in [-0.05, 0) is 56.2 Å². The van der Waals surface area contributed by atoms with E-state index in [1.807, 2.05) is 17.4 Å². The molecule has 3 atom stereocenters. The van der Waals surface area contributed by atoms with Gasteiger partial charge in [0.25, 0.3) is 0 Å². The van der Waals surface area contributed by atoms with Gasteiger partial charge in [0, 0.05) is 37.9 Å². The summed E-state index contributed by atoms with van der Waals surface area (Å²) in [5.41, 5.74) is 4.68. The van der Waals surface area contributed by atoms with E-state index in [2.05, 4.69) is 34.1 Å². The lowest BCUT2D eigenvalue weighted by atomic mass is 9.80. The number of amides is 2. The van der Waals surface area contributed by atoms with Crippen molar-refractivity contribution in [2.24, 2.45) is 11.3 Å². The molecule has 2 amide bonds. The number of hydrogen-bond donors (Lipinski definition) is 2. The zero-order valence-electron chi connectivity index (χ0n) is 17.0. The van der Waals surface area contributed by atoms with Crippen molar-refractivity contribution in [2.75, 3.05) is 38.1 Å². The predicted octanol–water partition coefficient (Wildman–Crippen LogP) is 1.26. The zero-order chi connectivity index (χ0) is 20.2. The molecule has 4 aliphatic rings. The van der Waals surface area contributed by atoms with E-state index in [1.54, 1.807) is 0 Å². The molecule has 0 bridgehead atoms. The van der Waals surface area contributed by atoms with Gasteiger partial charge in [0.2, 0.25) is 11.8 Å². The van der Waals surface area contributed by atoms with E-state index >= 15 is 0 Å². The lowest BCUT2D eigenvalue weighted by Crippen LogP contribution is -2.63. The van der Waals surface area contributed by atoms with Crippen LogP contribution in [0.2, 0.25) is 0 Å². The highest BCUT2D eigenvalue weighted by Gasteiger charge is 2.55. The molecule has 5 rings (SSSR count). The Hall–Kier alpha value is -2.12. The number of piperazine rings is 1. The van der Waals surface area contributed by atoms with Crippen molar-refractivity contribution in [1.29, 1.82) is 0 Å². The number of likely N-dealkylation sites (N-methyl/N-ethyl adjacent to an activating group) is 1. The number of para-hydroxylation sites is 1. The lowest BCUT2D eigenvalue weighted by molar-refractivity contribution is -0.151. The lowest BCUT2D eigenvalue weighted by Gasteiger charge is -2.49. The number of nitrogens with zero attached hydrogens (tertiary/aromatic N) is 3. The van der Waals surface area contributed by atoms with Crippen LogP contribution in [0.15, 0.2) is 24.3 Å². The fourth-order valence-electron chi connectivity index (χ4n) is 5.93. The monoisotopic (exact) mass is 398 g/mol. The highest BCUT2D eigenvalue weighted by atomic mass is 16.5. The first-order valence-corrected chi connectivity index (χ1v) is 10.8. The number of rotatable bonds is 2. The number of hydroxylamine groups is 1. The molecule has 3 fully saturated rings. The summed E-state index contributed by atoms with van der Waals surface area (Å²) in [5, 5.41) is 9.27. The summed E-state index contributed by atoms with van der Waals surface area (Å²) < 4.78 is 0. The fourth-order valence-corrected chi connectivity index (χ4v) is 5.93. The molecule has 0 aromatic heterocycles. The summed E-state index contributed by atoms with van der Waals surface area (Å²) in [6, 6.07) is 8.40. The van der Waals surface area contributed by atoms with E-state index in [0.717, 1.165) is 38.8 Å². The minimum atomic E-state index is -0.490. The maximum absolute atomic E-state index is 13.5. The quantitative estimate of drug-likeness (QED) is 0.579. The van der Waals surface area contributed by atoms with Crippen LogP contribution < -0.4 is 10.4 Å². The number of fused-ring (bicyclic) bond motifs is 3. The normalized spacial score (nSPS) is 30.5. The Bertz CT molecular complexity index is 824. The van der Waals surface area contributed by atoms with Gasteiger partial charge >= 0.3 is 0 Å². The zero-order valence-corrected chi connectivity index (χ0v) is 17.0. The van der Waals surface area contributed by atoms with Gasteiger partial charge in [-0.25, -0.2) is 5.48 Å². The Morgan fingerprint density at radius 1 is 1.21 bits per heavy atom. The van der Waals surface area contributed by atoms with Crippen molar-refractivity contribution in [2.45, 2.75) is 44.2 Å². The molecule has 1 aromatic carbocycles. The second kappa shape index (κ2) is 6.99. The van der Waals surface area contributed by atoms with Crippen molar-refractivity contribution in [1.82, 2.24) is 15.3 Å². The molecule has 2 saturated heterocycles. The Balaban J connectivity index is 1.33. The first-order chi connectivity index (χ1) is 14.0. The van der Waals surface area contributed by atoms with Crippen LogP contribution in [0.4, 0.5) is 5.69 Å². The first kappa shape index (κ1) is 18.9. The highest BCUT2D eigenvalue weighted by Crippen LogP contribution is 2.54. The largest absolute Gasteiger partial charge is 0.365 e. The highest BCUT2D eigenvalue weighted by molar-refractivity contribution is 5.90. The molecular formula is C22H30N4O3. The molecule has 156 valence electrons. The molecule has 29 heavy (non-hydrogen) atoms. The van der Waals surface area contributed by atoms with Crippen molar-refractivity contribution < 1.29 is 14.8 Å². The van der Waals surface area contributed by atoms with Crippen molar-refractivity contribution in [3.8, 4) is 0 Å². The summed E-state index contributed by atoms with van der Waals surface area (Å²) in [7, 11) is 1.95. The number of likely N-dealkylation sites (tertiary alicyclic amines) is 1. The number of carbonyl (C=O) groups excluding carboxylic acids is 2. The molecule has 7 heteroatoms. The van der Waals surface area contributed by atoms with E-state index in [1.165, 1.54) is 11.3 Å². The number of nitrogens with one attached hydrogen (secondary N) is 1. The Labute approximate surface area is 171 Å². The molecule has 1 aliphatic carbocycles. The number of anilines is 1. The summed E-state index contributed by atoms with van der Waals surface area (Å²) in [5.74, 6) is -0.875. The number of carbonyl (C=O) groups is 2. The summed E-state index contributed by atoms with van der Waals surface area (Å²) >= 11 is 0. The number of hydrogen-bond acceptors (Lipinski definition) is 5. The van der Waals surface area contributed by atoms with Gasteiger partial charge in [-0.1, -0.05) is 18.2 Å². The fraction of sp³-hybridized carbons (Fsp3) is 0.636. The van der Waals surface area contributed by atoms with Gasteiger partial charge in [0.15, 0.2) is 0 Å². The van der Waals surface area contributed by atoms with Crippen LogP contribution >= 0.6 is 0 Å². The number of piperidine rings is 1. The van der Waals surface area contributed by atoms with Crippen LogP contribution in [0, 0.1) is 11.3 Å². The third-order valence-corrected chi connectivity index (χ3v) is 7.59. The number of benzene rings is 1. The Morgan fingerprint density at radius 2 is 2.00 bits per heavy atom. The first-order valence-electron chi connectivity index (χ1n) is 10.8. The summed E-state index contributed by atoms with van der Waals surface area (Å²) in [4.78, 5) is 32.4. The Kier molecular flexibility index (Phi) is 4.55. The van der Waals surface area contributed by atoms with Crippen molar-refractivity contribution >= 4 is 17.5 Å². The van der Waals surface area contributed by atoms with E-state index < -0.39 is 17.9 Å². The Morgan fingerprint density at radius 3 is 2.76 bits per heavy atom. The second-order valence-corrected chi connectivity index (χ2v) is 9.45. The van der Waals surface area contributed by atoms with Crippen molar-refractivity contribution in [3.63, 3.8) is 0 Å². The van der Waals surface area contributed by atoms with Gasteiger partial charge < -0.3 is 9.80 Å². The van der Waals surface area contributed by atoms with Gasteiger partial charge in [-0.2, -0.15) is 0 Å². The summed E-state index contributed by atoms with van der Waals surface area (Å²) in [6.45, 7) is 3.06. The summed E-state index contributed by atoms with van der Waals surface area (Å²) in [6.07, 6.45) is 4.99. The third kappa shape index (κ3) is 3.20. The van der Waals surface area contributed by atoms with E-state index in [0.29, 0.717) is 25.6 Å². The van der Waals surface area contributed by atoms with Crippen LogP contribution in [0.1, 0.15) is 31.2 Å².